The van der Waals surface area contributed by atoms with Crippen molar-refractivity contribution in [2.75, 3.05) is 24.6 Å². The van der Waals surface area contributed by atoms with Crippen LogP contribution in [0.15, 0.2) is 16.6 Å². The number of anilines is 1. The van der Waals surface area contributed by atoms with Crippen LogP contribution in [0.25, 0.3) is 0 Å². The van der Waals surface area contributed by atoms with Crippen molar-refractivity contribution in [3.8, 4) is 0 Å². The van der Waals surface area contributed by atoms with Gasteiger partial charge in [0.1, 0.15) is 11.5 Å². The Morgan fingerprint density at radius 3 is 2.58 bits per heavy atom. The zero-order chi connectivity index (χ0) is 14.6. The summed E-state index contributed by atoms with van der Waals surface area (Å²) in [5, 5.41) is 19.7. The Labute approximate surface area is 114 Å². The van der Waals surface area contributed by atoms with Crippen LogP contribution in [0, 0.1) is 15.9 Å². The minimum absolute atomic E-state index is 0.135. The topological polar surface area (TPSA) is 66.6 Å². The van der Waals surface area contributed by atoms with Crippen molar-refractivity contribution in [2.24, 2.45) is 0 Å². The lowest BCUT2D eigenvalue weighted by atomic mass is 10.2. The zero-order valence-corrected chi connectivity index (χ0v) is 11.1. The van der Waals surface area contributed by atoms with Gasteiger partial charge in [0.2, 0.25) is 0 Å². The molecule has 0 bridgehead atoms. The molecule has 5 nitrogen and oxygen atoms in total. The smallest absolute Gasteiger partial charge is 0.293 e. The fraction of sp³-hybridized carbons (Fsp3) is 0.400. The van der Waals surface area contributed by atoms with E-state index in [1.807, 2.05) is 0 Å². The van der Waals surface area contributed by atoms with Crippen LogP contribution in [0.2, 0.25) is 0 Å². The monoisotopic (exact) mass is 342 g/mol. The van der Waals surface area contributed by atoms with E-state index >= 15 is 0 Å². The highest BCUT2D eigenvalue weighted by Crippen LogP contribution is 2.33. The molecule has 0 atom stereocenters. The molecule has 0 radical (unpaired) electrons. The number of halogens is 4. The minimum Gasteiger partial charge on any atom is -0.395 e. The molecule has 1 N–H and O–H groups in total. The summed E-state index contributed by atoms with van der Waals surface area (Å²) in [5.74, 6) is -0.808. The number of aliphatic hydroxyl groups is 1. The molecule has 0 aromatic heterocycles. The predicted molar refractivity (Wildman–Crippen MR) is 66.1 cm³/mol. The first-order chi connectivity index (χ1) is 8.86. The van der Waals surface area contributed by atoms with E-state index in [0.29, 0.717) is 0 Å². The minimum atomic E-state index is -2.77. The molecule has 0 aliphatic rings. The Morgan fingerprint density at radius 2 is 2.11 bits per heavy atom. The van der Waals surface area contributed by atoms with E-state index in [2.05, 4.69) is 15.9 Å². The number of nitro benzene ring substituents is 1. The lowest BCUT2D eigenvalue weighted by molar-refractivity contribution is -0.384. The Kier molecular flexibility index (Phi) is 5.55. The number of nitrogens with zero attached hydrogens (tertiary/aromatic N) is 2. The Balaban J connectivity index is 3.26. The maximum Gasteiger partial charge on any atom is 0.293 e. The molecule has 0 aliphatic heterocycles. The first kappa shape index (κ1) is 15.7. The fourth-order valence-corrected chi connectivity index (χ4v) is 1.85. The van der Waals surface area contributed by atoms with Crippen molar-refractivity contribution in [3.63, 3.8) is 0 Å². The van der Waals surface area contributed by atoms with Crippen LogP contribution >= 0.6 is 15.9 Å². The molecule has 0 fully saturated rings. The van der Waals surface area contributed by atoms with Crippen LogP contribution in [-0.4, -0.2) is 36.2 Å². The van der Waals surface area contributed by atoms with Crippen LogP contribution in [0.4, 0.5) is 24.5 Å². The van der Waals surface area contributed by atoms with Crippen LogP contribution in [0.3, 0.4) is 0 Å². The van der Waals surface area contributed by atoms with E-state index in [1.54, 1.807) is 0 Å². The molecule has 0 spiro atoms. The maximum atomic E-state index is 13.4. The number of nitro groups is 1. The molecule has 106 valence electrons. The largest absolute Gasteiger partial charge is 0.395 e. The van der Waals surface area contributed by atoms with Gasteiger partial charge in [-0.3, -0.25) is 10.1 Å². The summed E-state index contributed by atoms with van der Waals surface area (Å²) in [6, 6.07) is 1.70. The number of hydrogen-bond donors (Lipinski definition) is 1. The zero-order valence-electron chi connectivity index (χ0n) is 9.52. The van der Waals surface area contributed by atoms with Gasteiger partial charge in [-0.2, -0.15) is 0 Å². The second-order valence-electron chi connectivity index (χ2n) is 3.57. The third-order valence-electron chi connectivity index (χ3n) is 2.28. The standard InChI is InChI=1S/C10H10BrF3N2O3/c11-6-3-9(16(18)19)8(4-7(6)12)15(1-2-17)5-10(13)14/h3-4,10,17H,1-2,5H2. The molecule has 1 rings (SSSR count). The van der Waals surface area contributed by atoms with Gasteiger partial charge in [-0.05, 0) is 15.9 Å². The van der Waals surface area contributed by atoms with E-state index < -0.39 is 36.0 Å². The summed E-state index contributed by atoms with van der Waals surface area (Å²) in [6.45, 7) is -1.57. The molecule has 1 aromatic carbocycles. The molecule has 19 heavy (non-hydrogen) atoms. The molecule has 0 saturated carbocycles. The van der Waals surface area contributed by atoms with Gasteiger partial charge in [0.15, 0.2) is 0 Å². The molecule has 0 heterocycles. The van der Waals surface area contributed by atoms with E-state index in [-0.39, 0.29) is 16.7 Å². The second-order valence-corrected chi connectivity index (χ2v) is 4.43. The van der Waals surface area contributed by atoms with Crippen LogP contribution in [-0.2, 0) is 0 Å². The Bertz CT molecular complexity index is 474. The van der Waals surface area contributed by atoms with Crippen molar-refractivity contribution < 1.29 is 23.2 Å². The summed E-state index contributed by atoms with van der Waals surface area (Å²) in [4.78, 5) is 10.9. The van der Waals surface area contributed by atoms with Gasteiger partial charge in [0, 0.05) is 18.7 Å². The van der Waals surface area contributed by atoms with Crippen molar-refractivity contribution in [1.29, 1.82) is 0 Å². The lowest BCUT2D eigenvalue weighted by Gasteiger charge is -2.23. The Morgan fingerprint density at radius 1 is 1.47 bits per heavy atom. The summed E-state index contributed by atoms with van der Waals surface area (Å²) >= 11 is 2.79. The van der Waals surface area contributed by atoms with Crippen LogP contribution in [0.1, 0.15) is 0 Å². The van der Waals surface area contributed by atoms with Crippen molar-refractivity contribution >= 4 is 27.3 Å². The quantitative estimate of drug-likeness (QED) is 0.637. The highest BCUT2D eigenvalue weighted by Gasteiger charge is 2.24. The molecule has 0 aliphatic carbocycles. The average molecular weight is 343 g/mol. The molecular weight excluding hydrogens is 333 g/mol. The fourth-order valence-electron chi connectivity index (χ4n) is 1.52. The van der Waals surface area contributed by atoms with Crippen molar-refractivity contribution in [1.82, 2.24) is 0 Å². The third-order valence-corrected chi connectivity index (χ3v) is 2.89. The Hall–Kier alpha value is -1.35. The van der Waals surface area contributed by atoms with Gasteiger partial charge in [0.25, 0.3) is 12.1 Å². The lowest BCUT2D eigenvalue weighted by Crippen LogP contribution is -2.32. The molecule has 1 aromatic rings. The average Bonchev–Trinajstić information content (AvgIpc) is 2.30. The van der Waals surface area contributed by atoms with Gasteiger partial charge in [-0.25, -0.2) is 13.2 Å². The maximum absolute atomic E-state index is 13.4. The number of alkyl halides is 2. The first-order valence-corrected chi connectivity index (χ1v) is 5.93. The molecular formula is C10H10BrF3N2O3. The highest BCUT2D eigenvalue weighted by molar-refractivity contribution is 9.10. The predicted octanol–water partition coefficient (Wildman–Crippen LogP) is 2.56. The summed E-state index contributed by atoms with van der Waals surface area (Å²) in [6.07, 6.45) is -2.77. The third kappa shape index (κ3) is 4.06. The van der Waals surface area contributed by atoms with E-state index in [9.17, 15) is 23.3 Å². The van der Waals surface area contributed by atoms with Crippen molar-refractivity contribution in [2.45, 2.75) is 6.43 Å². The van der Waals surface area contributed by atoms with Crippen molar-refractivity contribution in [3.05, 3.63) is 32.5 Å². The van der Waals surface area contributed by atoms with Gasteiger partial charge in [0.05, 0.1) is 22.5 Å². The SMILES string of the molecule is O=[N+]([O-])c1cc(Br)c(F)cc1N(CCO)CC(F)F. The van der Waals surface area contributed by atoms with Gasteiger partial charge in [-0.15, -0.1) is 0 Å². The summed E-state index contributed by atoms with van der Waals surface area (Å²) in [5.41, 5.74) is -0.803. The molecule has 9 heteroatoms. The van der Waals surface area contributed by atoms with Gasteiger partial charge < -0.3 is 10.0 Å². The number of hydrogen-bond acceptors (Lipinski definition) is 4. The number of benzene rings is 1. The van der Waals surface area contributed by atoms with E-state index in [0.717, 1.165) is 17.0 Å². The molecule has 0 amide bonds. The summed E-state index contributed by atoms with van der Waals surface area (Å²) < 4.78 is 38.1. The van der Waals surface area contributed by atoms with E-state index in [4.69, 9.17) is 5.11 Å². The van der Waals surface area contributed by atoms with E-state index in [1.165, 1.54) is 0 Å². The normalized spacial score (nSPS) is 10.8. The van der Waals surface area contributed by atoms with Gasteiger partial charge in [-0.1, -0.05) is 0 Å². The first-order valence-electron chi connectivity index (χ1n) is 5.14. The second kappa shape index (κ2) is 6.71. The van der Waals surface area contributed by atoms with Crippen LogP contribution in [0.5, 0.6) is 0 Å². The molecule has 0 unspecified atom stereocenters. The van der Waals surface area contributed by atoms with Crippen LogP contribution < -0.4 is 4.90 Å². The highest BCUT2D eigenvalue weighted by atomic mass is 79.9. The molecule has 0 saturated heterocycles. The number of rotatable bonds is 6. The van der Waals surface area contributed by atoms with Gasteiger partial charge >= 0.3 is 0 Å². The summed E-state index contributed by atoms with van der Waals surface area (Å²) in [7, 11) is 0. The number of aliphatic hydroxyl groups excluding tert-OH is 1.